The molecule has 27 heavy (non-hydrogen) atoms. The minimum atomic E-state index is -4.41. The zero-order valence-corrected chi connectivity index (χ0v) is 14.9. The van der Waals surface area contributed by atoms with Crippen LogP contribution in [0.15, 0.2) is 24.8 Å². The number of nitrogens with zero attached hydrogens (tertiary/aromatic N) is 5. The van der Waals surface area contributed by atoms with Crippen LogP contribution in [0.25, 0.3) is 11.2 Å². The summed E-state index contributed by atoms with van der Waals surface area (Å²) in [6.45, 7) is 2.99. The lowest BCUT2D eigenvalue weighted by Gasteiger charge is -2.25. The van der Waals surface area contributed by atoms with Crippen LogP contribution in [0.4, 0.5) is 36.3 Å². The van der Waals surface area contributed by atoms with Crippen molar-refractivity contribution in [2.45, 2.75) is 26.1 Å². The van der Waals surface area contributed by atoms with Gasteiger partial charge in [-0.25, -0.2) is 19.9 Å². The van der Waals surface area contributed by atoms with Crippen LogP contribution in [0.1, 0.15) is 13.8 Å². The highest BCUT2D eigenvalue weighted by Gasteiger charge is 2.42. The molecule has 0 fully saturated rings. The Bertz CT molecular complexity index is 950. The third-order valence-electron chi connectivity index (χ3n) is 3.94. The van der Waals surface area contributed by atoms with Crippen molar-refractivity contribution in [3.05, 3.63) is 24.8 Å². The Labute approximate surface area is 153 Å². The number of rotatable bonds is 5. The lowest BCUT2D eigenvalue weighted by Crippen LogP contribution is -2.40. The predicted molar refractivity (Wildman–Crippen MR) is 96.5 cm³/mol. The number of nitrogens with two attached hydrogens (primary N) is 1. The monoisotopic (exact) mass is 380 g/mol. The maximum absolute atomic E-state index is 13.3. The number of aromatic nitrogens is 5. The number of pyridine rings is 1. The van der Waals surface area contributed by atoms with E-state index in [1.807, 2.05) is 0 Å². The maximum atomic E-state index is 13.3. The average Bonchev–Trinajstić information content (AvgIpc) is 2.93. The molecule has 0 aliphatic rings. The quantitative estimate of drug-likeness (QED) is 0.624. The molecule has 0 aliphatic carbocycles. The standard InChI is InChI=1S/C16H19F3N8/c1-8(2)14(16(17,18)19)25-12-4-9(13-15(26-12)27(3)7-23-13)24-11-5-10(20)21-6-22-11/h4-8,14H,1-3H3,(H4,20,21,22,24,25,26). The number of aryl methyl sites for hydroxylation is 1. The third-order valence-corrected chi connectivity index (χ3v) is 3.94. The molecule has 0 radical (unpaired) electrons. The zero-order chi connectivity index (χ0) is 19.8. The minimum absolute atomic E-state index is 0.0756. The van der Waals surface area contributed by atoms with Crippen LogP contribution in [-0.2, 0) is 7.05 Å². The van der Waals surface area contributed by atoms with E-state index in [1.54, 1.807) is 11.6 Å². The summed E-state index contributed by atoms with van der Waals surface area (Å²) in [5.41, 5.74) is 7.01. The van der Waals surface area contributed by atoms with Crippen LogP contribution >= 0.6 is 0 Å². The van der Waals surface area contributed by atoms with Gasteiger partial charge in [0.2, 0.25) is 0 Å². The molecule has 3 rings (SSSR count). The second-order valence-corrected chi connectivity index (χ2v) is 6.44. The molecule has 3 heterocycles. The van der Waals surface area contributed by atoms with Gasteiger partial charge in [0.15, 0.2) is 5.65 Å². The largest absolute Gasteiger partial charge is 0.408 e. The molecule has 3 aromatic rings. The highest BCUT2D eigenvalue weighted by molar-refractivity contribution is 5.89. The van der Waals surface area contributed by atoms with Gasteiger partial charge < -0.3 is 20.9 Å². The highest BCUT2D eigenvalue weighted by atomic mass is 19.4. The van der Waals surface area contributed by atoms with E-state index in [4.69, 9.17) is 5.73 Å². The summed E-state index contributed by atoms with van der Waals surface area (Å²) >= 11 is 0. The van der Waals surface area contributed by atoms with Crippen LogP contribution in [-0.4, -0.2) is 36.7 Å². The van der Waals surface area contributed by atoms with Crippen LogP contribution in [0, 0.1) is 5.92 Å². The van der Waals surface area contributed by atoms with Crippen LogP contribution in [0.5, 0.6) is 0 Å². The van der Waals surface area contributed by atoms with Gasteiger partial charge in [0, 0.05) is 19.2 Å². The summed E-state index contributed by atoms with van der Waals surface area (Å²) in [5, 5.41) is 5.50. The Balaban J connectivity index is 2.03. The molecule has 0 aliphatic heterocycles. The molecule has 0 amide bonds. The first kappa shape index (κ1) is 18.7. The highest BCUT2D eigenvalue weighted by Crippen LogP contribution is 2.31. The number of fused-ring (bicyclic) bond motifs is 1. The van der Waals surface area contributed by atoms with E-state index >= 15 is 0 Å². The molecule has 0 bridgehead atoms. The number of hydrogen-bond donors (Lipinski definition) is 3. The fraction of sp³-hybridized carbons (Fsp3) is 0.375. The lowest BCUT2D eigenvalue weighted by molar-refractivity contribution is -0.150. The van der Waals surface area contributed by atoms with Crippen molar-refractivity contribution in [2.75, 3.05) is 16.4 Å². The minimum Gasteiger partial charge on any atom is -0.384 e. The van der Waals surface area contributed by atoms with Gasteiger partial charge in [0.25, 0.3) is 0 Å². The van der Waals surface area contributed by atoms with Gasteiger partial charge >= 0.3 is 6.18 Å². The molecule has 4 N–H and O–H groups in total. The average molecular weight is 380 g/mol. The van der Waals surface area contributed by atoms with Gasteiger partial charge in [-0.2, -0.15) is 13.2 Å². The van der Waals surface area contributed by atoms with Crippen LogP contribution < -0.4 is 16.4 Å². The van der Waals surface area contributed by atoms with E-state index < -0.39 is 18.1 Å². The number of nitrogens with one attached hydrogen (secondary N) is 2. The first-order chi connectivity index (χ1) is 12.6. The van der Waals surface area contributed by atoms with Gasteiger partial charge in [-0.05, 0) is 5.92 Å². The zero-order valence-electron chi connectivity index (χ0n) is 14.9. The number of hydrogen-bond acceptors (Lipinski definition) is 7. The van der Waals surface area contributed by atoms with E-state index in [0.29, 0.717) is 22.7 Å². The SMILES string of the molecule is CC(C)C(Nc1cc(Nc2cc(N)ncn2)c2ncn(C)c2n1)C(F)(F)F. The van der Waals surface area contributed by atoms with Crippen LogP contribution in [0.3, 0.4) is 0 Å². The molecule has 144 valence electrons. The van der Waals surface area contributed by atoms with Crippen molar-refractivity contribution in [3.8, 4) is 0 Å². The van der Waals surface area contributed by atoms with E-state index in [9.17, 15) is 13.2 Å². The van der Waals surface area contributed by atoms with Gasteiger partial charge in [-0.1, -0.05) is 13.8 Å². The van der Waals surface area contributed by atoms with Crippen LogP contribution in [0.2, 0.25) is 0 Å². The Kier molecular flexibility index (Phi) is 4.77. The number of nitrogen functional groups attached to an aromatic ring is 1. The third kappa shape index (κ3) is 4.01. The second-order valence-electron chi connectivity index (χ2n) is 6.44. The number of alkyl halides is 3. The van der Waals surface area contributed by atoms with Gasteiger partial charge in [-0.15, -0.1) is 0 Å². The fourth-order valence-corrected chi connectivity index (χ4v) is 2.63. The molecule has 0 aromatic carbocycles. The van der Waals surface area contributed by atoms with E-state index in [2.05, 4.69) is 30.6 Å². The van der Waals surface area contributed by atoms with E-state index in [-0.39, 0.29) is 11.6 Å². The van der Waals surface area contributed by atoms with E-state index in [0.717, 1.165) is 0 Å². The smallest absolute Gasteiger partial charge is 0.384 e. The summed E-state index contributed by atoms with van der Waals surface area (Å²) in [6.07, 6.45) is -1.59. The summed E-state index contributed by atoms with van der Waals surface area (Å²) in [6, 6.07) is 1.24. The molecule has 3 aromatic heterocycles. The van der Waals surface area contributed by atoms with Crippen molar-refractivity contribution in [3.63, 3.8) is 0 Å². The van der Waals surface area contributed by atoms with Gasteiger partial charge in [0.1, 0.15) is 35.3 Å². The molecule has 0 saturated heterocycles. The summed E-state index contributed by atoms with van der Waals surface area (Å²) in [7, 11) is 1.71. The fourth-order valence-electron chi connectivity index (χ4n) is 2.63. The van der Waals surface area contributed by atoms with E-state index in [1.165, 1.54) is 38.6 Å². The van der Waals surface area contributed by atoms with Crippen molar-refractivity contribution in [1.29, 1.82) is 0 Å². The topological polar surface area (TPSA) is 107 Å². The molecule has 0 saturated carbocycles. The lowest BCUT2D eigenvalue weighted by atomic mass is 10.0. The number of halogens is 3. The molecular weight excluding hydrogens is 361 g/mol. The van der Waals surface area contributed by atoms with Crippen molar-refractivity contribution in [1.82, 2.24) is 24.5 Å². The molecule has 8 nitrogen and oxygen atoms in total. The second kappa shape index (κ2) is 6.89. The molecule has 1 unspecified atom stereocenters. The first-order valence-corrected chi connectivity index (χ1v) is 8.15. The van der Waals surface area contributed by atoms with Crippen molar-refractivity contribution >= 4 is 34.3 Å². The van der Waals surface area contributed by atoms with Crippen molar-refractivity contribution < 1.29 is 13.2 Å². The normalized spacial score (nSPS) is 13.1. The molecule has 1 atom stereocenters. The molecule has 0 spiro atoms. The molecule has 11 heteroatoms. The Morgan fingerprint density at radius 2 is 1.85 bits per heavy atom. The van der Waals surface area contributed by atoms with Crippen molar-refractivity contribution in [2.24, 2.45) is 13.0 Å². The summed E-state index contributed by atoms with van der Waals surface area (Å²) < 4.78 is 41.6. The predicted octanol–water partition coefficient (Wildman–Crippen LogP) is 3.08. The Morgan fingerprint density at radius 1 is 1.11 bits per heavy atom. The Morgan fingerprint density at radius 3 is 2.48 bits per heavy atom. The molecular formula is C16H19F3N8. The maximum Gasteiger partial charge on any atom is 0.408 e. The van der Waals surface area contributed by atoms with Gasteiger partial charge in [0.05, 0.1) is 12.0 Å². The first-order valence-electron chi connectivity index (χ1n) is 8.15. The number of imidazole rings is 1. The number of anilines is 4. The van der Waals surface area contributed by atoms with Gasteiger partial charge in [-0.3, -0.25) is 0 Å². The summed E-state index contributed by atoms with van der Waals surface area (Å²) in [5.74, 6) is 0.0516. The Hall–Kier alpha value is -3.11. The summed E-state index contributed by atoms with van der Waals surface area (Å²) in [4.78, 5) is 16.4.